The van der Waals surface area contributed by atoms with Crippen LogP contribution in [0.5, 0.6) is 0 Å². The first-order chi connectivity index (χ1) is 65.8. The standard InChI is InChI=1S/C28H27FN4O3.C26H27N5O3S.C25H22F3N5O.C24H21FN4O2.4H2/c1-17-15-32(16-18(2)36-17)28-26(29)24(19(3)34)25-22(35)14-23(30-20-10-6-4-7-11-20)33(27(25)31-28)21-12-8-5-9-13-21;1-19-17-23(29-13-15-30(16-14-29)35(2,33)34)28-26-25(19)22(32)18-24(27-20-9-5-3-6-10-20)31(26)21-11-7-4-8-12-21;26-25(27,28)19-15-21(32-13-11-29-12-14-32)31-24-23(19)20(34)16-22(30-17-7-3-1-4-8-17)33(24)18-9-5-2-6-10-18;25-20-15-19-21(30)16-22(26-17-7-3-1-4-8-17)29(18-9-5-2-6-10-18)23(19)27-24(20)28-11-13-31-14-12-28;;;;/h4-14,17-18,30H,15-16H2,1-3H3;3-12,17-18,27H,13-16H2,1-2H3;1-10,15-16,29-30H,11-14H2;1-10,15-16,26H,11-14H2;4*1H/t17-,18+;;;;;;;. The molecule has 136 heavy (non-hydrogen) atoms. The second-order valence-electron chi connectivity index (χ2n) is 33.1. The number of benzene rings is 8. The molecule has 12 heterocycles. The Bertz CT molecular complexity index is 7430. The first-order valence-electron chi connectivity index (χ1n) is 44.5. The van der Waals surface area contributed by atoms with Crippen LogP contribution in [-0.4, -0.2) is 167 Å². The van der Waals surface area contributed by atoms with Crippen LogP contribution < -0.4 is 67.9 Å². The second kappa shape index (κ2) is 40.7. The molecule has 27 nitrogen and oxygen atoms in total. The van der Waals surface area contributed by atoms with E-state index in [1.165, 1.54) is 41.8 Å². The minimum Gasteiger partial charge on any atom is -0.378 e. The van der Waals surface area contributed by atoms with E-state index in [1.807, 2.05) is 264 Å². The molecule has 2 atom stereocenters. The maximum Gasteiger partial charge on any atom is 0.417 e. The van der Waals surface area contributed by atoms with Crippen molar-refractivity contribution in [3.8, 4) is 22.7 Å². The van der Waals surface area contributed by atoms with Crippen LogP contribution in [0, 0.1) is 18.6 Å². The van der Waals surface area contributed by atoms with Gasteiger partial charge in [-0.3, -0.25) is 42.2 Å². The smallest absolute Gasteiger partial charge is 0.378 e. The molecule has 4 fully saturated rings. The number of fused-ring (bicyclic) bond motifs is 4. The first kappa shape index (κ1) is 92.6. The number of para-hydroxylation sites is 8. The van der Waals surface area contributed by atoms with Crippen molar-refractivity contribution < 1.29 is 50.3 Å². The Labute approximate surface area is 785 Å². The highest BCUT2D eigenvalue weighted by Crippen LogP contribution is 2.40. The Hall–Kier alpha value is -15.3. The normalized spacial score (nSPS) is 15.3. The largest absolute Gasteiger partial charge is 0.417 e. The van der Waals surface area contributed by atoms with Crippen LogP contribution in [0.4, 0.5) is 91.2 Å². The maximum absolute atomic E-state index is 15.9. The maximum atomic E-state index is 15.9. The SMILES string of the molecule is CC(=O)c1c(F)c(N2C[C@@H](C)O[C@@H](C)C2)nc2c1c(=O)cc(Nc1ccccc1)n2-c1ccccc1.Cc1cc(N2CCN(S(C)(=O)=O)CC2)nc2c1c(=O)cc(Nc1ccccc1)n2-c1ccccc1.O=c1cc(Nc2ccccc2)n(-c2ccccc2)c2nc(N3CCNCC3)cc(C(F)(F)F)c12.O=c1cc(Nc2ccccc2)n(-c2ccccc2)c2nc(N3CCOCC3)c(F)cc12.[HH].[HH].[HH].[HH]. The number of rotatable bonds is 18. The number of pyridine rings is 8. The van der Waals surface area contributed by atoms with Crippen molar-refractivity contribution in [2.24, 2.45) is 0 Å². The fraction of sp³-hybridized carbons (Fsp3) is 0.214. The Morgan fingerprint density at radius 3 is 1.20 bits per heavy atom. The van der Waals surface area contributed by atoms with E-state index in [2.05, 4.69) is 41.5 Å². The van der Waals surface area contributed by atoms with E-state index in [0.717, 1.165) is 45.9 Å². The lowest BCUT2D eigenvalue weighted by Gasteiger charge is -2.36. The zero-order valence-corrected chi connectivity index (χ0v) is 75.8. The van der Waals surface area contributed by atoms with Gasteiger partial charge in [-0.2, -0.15) is 17.5 Å². The molecule has 0 radical (unpaired) electrons. The zero-order valence-electron chi connectivity index (χ0n) is 75.0. The second-order valence-corrected chi connectivity index (χ2v) is 35.1. The fourth-order valence-corrected chi connectivity index (χ4v) is 18.1. The third-order valence-electron chi connectivity index (χ3n) is 23.5. The molecule has 4 saturated heterocycles. The Morgan fingerprint density at radius 1 is 0.426 bits per heavy atom. The van der Waals surface area contributed by atoms with Crippen molar-refractivity contribution in [2.75, 3.05) is 139 Å². The van der Waals surface area contributed by atoms with Crippen LogP contribution >= 0.6 is 0 Å². The number of aryl methyl sites for hydroxylation is 1. The van der Waals surface area contributed by atoms with Gasteiger partial charge in [0.2, 0.25) is 10.0 Å². The number of Topliss-reactive ketones (excluding diaryl/α,β-unsaturated/α-hetero) is 1. The summed E-state index contributed by atoms with van der Waals surface area (Å²) in [5, 5.41) is 16.7. The number of aromatic nitrogens is 8. The number of sulfonamides is 1. The summed E-state index contributed by atoms with van der Waals surface area (Å²) in [5.74, 6) is 1.33. The monoisotopic (exact) mass is 1860 g/mol. The molecule has 0 bridgehead atoms. The van der Waals surface area contributed by atoms with Crippen molar-refractivity contribution in [1.29, 1.82) is 0 Å². The quantitative estimate of drug-likeness (QED) is 0.0394. The number of carbonyl (C=O) groups excluding carboxylic acids is 1. The van der Waals surface area contributed by atoms with Gasteiger partial charge in [0.05, 0.1) is 64.3 Å². The third-order valence-corrected chi connectivity index (χ3v) is 24.8. The van der Waals surface area contributed by atoms with Gasteiger partial charge < -0.3 is 55.7 Å². The van der Waals surface area contributed by atoms with E-state index >= 15 is 4.39 Å². The number of ketones is 1. The number of hydrogen-bond donors (Lipinski definition) is 5. The topological polar surface area (TPSA) is 286 Å². The molecule has 8 aromatic carbocycles. The minimum absolute atomic E-state index is 0. The van der Waals surface area contributed by atoms with E-state index in [9.17, 15) is 50.0 Å². The third kappa shape index (κ3) is 20.6. The molecule has 0 saturated carbocycles. The van der Waals surface area contributed by atoms with Gasteiger partial charge in [-0.15, -0.1) is 0 Å². The summed E-state index contributed by atoms with van der Waals surface area (Å²) in [4.78, 5) is 91.9. The van der Waals surface area contributed by atoms with E-state index in [1.54, 1.807) is 44.4 Å². The number of nitrogens with zero attached hydrogens (tertiary/aromatic N) is 13. The number of anilines is 12. The molecule has 702 valence electrons. The van der Waals surface area contributed by atoms with Gasteiger partial charge >= 0.3 is 6.18 Å². The van der Waals surface area contributed by atoms with Crippen LogP contribution in [0.3, 0.4) is 0 Å². The molecule has 0 unspecified atom stereocenters. The van der Waals surface area contributed by atoms with Gasteiger partial charge in [0.25, 0.3) is 0 Å². The molecule has 20 rings (SSSR count). The number of alkyl halides is 3. The van der Waals surface area contributed by atoms with Gasteiger partial charge in [-0.1, -0.05) is 146 Å². The number of carbonyl (C=O) groups is 1. The summed E-state index contributed by atoms with van der Waals surface area (Å²) in [5.41, 5.74) is 5.26. The van der Waals surface area contributed by atoms with Crippen molar-refractivity contribution >= 4 is 129 Å². The van der Waals surface area contributed by atoms with Gasteiger partial charge in [0, 0.05) is 154 Å². The van der Waals surface area contributed by atoms with Gasteiger partial charge in [0.15, 0.2) is 73.4 Å². The van der Waals surface area contributed by atoms with Crippen LogP contribution in [0.25, 0.3) is 66.9 Å². The van der Waals surface area contributed by atoms with E-state index in [-0.39, 0.29) is 73.9 Å². The molecule has 8 aromatic heterocycles. The molecule has 0 aliphatic carbocycles. The highest BCUT2D eigenvalue weighted by Gasteiger charge is 2.38. The summed E-state index contributed by atoms with van der Waals surface area (Å²) < 4.78 is 117. The molecular weight excluding hydrogens is 1760 g/mol. The summed E-state index contributed by atoms with van der Waals surface area (Å²) in [6.45, 7) is 14.2. The number of nitrogens with one attached hydrogen (secondary N) is 5. The lowest BCUT2D eigenvalue weighted by molar-refractivity contribution is -0.136. The number of hydrogen-bond acceptors (Lipinski definition) is 22. The summed E-state index contributed by atoms with van der Waals surface area (Å²) in [6.07, 6.45) is -3.77. The van der Waals surface area contributed by atoms with Crippen LogP contribution in [-0.2, 0) is 25.7 Å². The Morgan fingerprint density at radius 2 is 0.787 bits per heavy atom. The van der Waals surface area contributed by atoms with Crippen molar-refractivity contribution in [1.82, 2.24) is 47.8 Å². The van der Waals surface area contributed by atoms with E-state index in [4.69, 9.17) is 19.4 Å². The molecule has 0 spiro atoms. The van der Waals surface area contributed by atoms with Crippen molar-refractivity contribution in [2.45, 2.75) is 46.1 Å². The molecule has 4 aliphatic heterocycles. The predicted octanol–water partition coefficient (Wildman–Crippen LogP) is 18.3. The Kier molecular flexibility index (Phi) is 27.7. The fourth-order valence-electron chi connectivity index (χ4n) is 17.3. The minimum atomic E-state index is -4.72. The van der Waals surface area contributed by atoms with E-state index in [0.29, 0.717) is 149 Å². The molecule has 33 heteroatoms. The summed E-state index contributed by atoms with van der Waals surface area (Å²) in [7, 11) is -3.23. The zero-order chi connectivity index (χ0) is 94.9. The molecule has 16 aromatic rings. The lowest BCUT2D eigenvalue weighted by atomic mass is 10.1. The number of halogens is 5. The highest BCUT2D eigenvalue weighted by molar-refractivity contribution is 7.88. The number of morpholine rings is 2. The van der Waals surface area contributed by atoms with E-state index < -0.39 is 55.4 Å². The number of ether oxygens (including phenoxy) is 2. The van der Waals surface area contributed by atoms with Gasteiger partial charge in [0.1, 0.15) is 34.9 Å². The van der Waals surface area contributed by atoms with Crippen molar-refractivity contribution in [3.63, 3.8) is 0 Å². The predicted molar refractivity (Wildman–Crippen MR) is 535 cm³/mol. The first-order valence-corrected chi connectivity index (χ1v) is 46.3. The molecule has 0 amide bonds. The summed E-state index contributed by atoms with van der Waals surface area (Å²) >= 11 is 0. The van der Waals surface area contributed by atoms with Crippen LogP contribution in [0.2, 0.25) is 0 Å². The van der Waals surface area contributed by atoms with Crippen LogP contribution in [0.1, 0.15) is 48.0 Å². The average Bonchev–Trinajstić information content (AvgIpc) is 0.723. The average molecular weight is 1870 g/mol. The summed E-state index contributed by atoms with van der Waals surface area (Å²) in [6, 6.07) is 85.5. The lowest BCUT2D eigenvalue weighted by Crippen LogP contribution is -2.48. The highest BCUT2D eigenvalue weighted by atomic mass is 32.2. The molecule has 4 aliphatic rings. The number of piperazine rings is 2. The van der Waals surface area contributed by atoms with Crippen molar-refractivity contribution in [3.05, 3.63) is 354 Å². The van der Waals surface area contributed by atoms with Crippen LogP contribution in [0.15, 0.2) is 304 Å². The molecule has 5 N–H and O–H groups in total. The van der Waals surface area contributed by atoms with Gasteiger partial charge in [-0.05, 0) is 149 Å². The van der Waals surface area contributed by atoms with Gasteiger partial charge in [-0.25, -0.2) is 37.1 Å². The molecular formula is C103H105F5N18O9S. The Balaban J connectivity index is 0.000000156.